The molecule has 5 nitrogen and oxygen atoms in total. The van der Waals surface area contributed by atoms with Crippen molar-refractivity contribution in [3.63, 3.8) is 0 Å². The van der Waals surface area contributed by atoms with E-state index in [1.54, 1.807) is 11.3 Å². The lowest BCUT2D eigenvalue weighted by Gasteiger charge is -2.10. The molecule has 5 aromatic rings. The van der Waals surface area contributed by atoms with Crippen LogP contribution in [0.5, 0.6) is 11.5 Å². The number of hydrogen-bond acceptors (Lipinski definition) is 6. The number of nitrogens with zero attached hydrogens (tertiary/aromatic N) is 2. The van der Waals surface area contributed by atoms with Crippen LogP contribution in [0.3, 0.4) is 0 Å². The monoisotopic (exact) mass is 437 g/mol. The predicted octanol–water partition coefficient (Wildman–Crippen LogP) is 6.37. The lowest BCUT2D eigenvalue weighted by molar-refractivity contribution is 0.174. The molecular weight excluding hydrogens is 418 g/mol. The lowest BCUT2D eigenvalue weighted by atomic mass is 10.1. The summed E-state index contributed by atoms with van der Waals surface area (Å²) in [5.41, 5.74) is 3.27. The molecule has 0 radical (unpaired) electrons. The average molecular weight is 438 g/mol. The van der Waals surface area contributed by atoms with Gasteiger partial charge in [0.1, 0.15) is 10.6 Å². The van der Waals surface area contributed by atoms with Gasteiger partial charge >= 0.3 is 0 Å². The maximum atomic E-state index is 5.52. The van der Waals surface area contributed by atoms with E-state index in [1.807, 2.05) is 54.6 Å². The number of hydrogen-bond donors (Lipinski definition) is 1. The van der Waals surface area contributed by atoms with Crippen LogP contribution in [-0.4, -0.2) is 16.8 Å². The first-order valence-electron chi connectivity index (χ1n) is 10.4. The Morgan fingerprint density at radius 3 is 2.34 bits per heavy atom. The first-order valence-corrected chi connectivity index (χ1v) is 11.2. The normalized spacial score (nSPS) is 12.2. The van der Waals surface area contributed by atoms with Crippen molar-refractivity contribution in [3.8, 4) is 33.3 Å². The highest BCUT2D eigenvalue weighted by molar-refractivity contribution is 7.21. The van der Waals surface area contributed by atoms with Crippen LogP contribution in [0, 0.1) is 0 Å². The first kappa shape index (κ1) is 18.8. The summed E-state index contributed by atoms with van der Waals surface area (Å²) in [4.78, 5) is 11.9. The van der Waals surface area contributed by atoms with Crippen LogP contribution in [0.2, 0.25) is 0 Å². The second-order valence-corrected chi connectivity index (χ2v) is 8.53. The summed E-state index contributed by atoms with van der Waals surface area (Å²) in [7, 11) is 0. The Kier molecular flexibility index (Phi) is 4.70. The molecule has 0 saturated carbocycles. The average Bonchev–Trinajstić information content (AvgIpc) is 3.50. The molecule has 0 fully saturated rings. The van der Waals surface area contributed by atoms with E-state index in [0.717, 1.165) is 38.7 Å². The topological polar surface area (TPSA) is 56.3 Å². The van der Waals surface area contributed by atoms with E-state index in [9.17, 15) is 0 Å². The molecule has 1 N–H and O–H groups in total. The third kappa shape index (κ3) is 3.55. The van der Waals surface area contributed by atoms with Crippen molar-refractivity contribution in [3.05, 3.63) is 90.5 Å². The third-order valence-corrected chi connectivity index (χ3v) is 6.46. The van der Waals surface area contributed by atoms with Gasteiger partial charge in [0, 0.05) is 17.0 Å². The van der Waals surface area contributed by atoms with Crippen molar-refractivity contribution in [2.24, 2.45) is 0 Å². The zero-order valence-electron chi connectivity index (χ0n) is 17.1. The molecule has 0 unspecified atom stereocenters. The first-order chi connectivity index (χ1) is 15.8. The SMILES string of the molecule is c1ccc(-c2nc(NCc3ccc4c(c3)OCO4)c3cc(-c4ccccc4)sc3n2)cc1. The van der Waals surface area contributed by atoms with Gasteiger partial charge in [-0.3, -0.25) is 0 Å². The Bertz CT molecular complexity index is 1400. The van der Waals surface area contributed by atoms with E-state index in [4.69, 9.17) is 19.4 Å². The number of nitrogens with one attached hydrogen (secondary N) is 1. The second kappa shape index (κ2) is 7.98. The molecule has 0 amide bonds. The molecule has 3 aromatic carbocycles. The maximum Gasteiger partial charge on any atom is 0.231 e. The summed E-state index contributed by atoms with van der Waals surface area (Å²) in [5.74, 6) is 3.11. The second-order valence-electron chi connectivity index (χ2n) is 7.50. The molecule has 0 saturated heterocycles. The molecule has 156 valence electrons. The van der Waals surface area contributed by atoms with Crippen molar-refractivity contribution >= 4 is 27.4 Å². The molecule has 0 atom stereocenters. The number of fused-ring (bicyclic) bond motifs is 2. The summed E-state index contributed by atoms with van der Waals surface area (Å²) in [6.45, 7) is 0.893. The molecule has 32 heavy (non-hydrogen) atoms. The van der Waals surface area contributed by atoms with Gasteiger partial charge in [-0.25, -0.2) is 9.97 Å². The van der Waals surface area contributed by atoms with E-state index >= 15 is 0 Å². The minimum atomic E-state index is 0.274. The molecule has 3 heterocycles. The predicted molar refractivity (Wildman–Crippen MR) is 128 cm³/mol. The quantitative estimate of drug-likeness (QED) is 0.346. The molecule has 2 aromatic heterocycles. The van der Waals surface area contributed by atoms with E-state index in [1.165, 1.54) is 10.4 Å². The zero-order valence-corrected chi connectivity index (χ0v) is 17.9. The van der Waals surface area contributed by atoms with E-state index in [2.05, 4.69) is 35.6 Å². The Morgan fingerprint density at radius 2 is 1.53 bits per heavy atom. The van der Waals surface area contributed by atoms with Crippen LogP contribution < -0.4 is 14.8 Å². The van der Waals surface area contributed by atoms with E-state index < -0.39 is 0 Å². The summed E-state index contributed by atoms with van der Waals surface area (Å²) in [6, 6.07) is 28.6. The summed E-state index contributed by atoms with van der Waals surface area (Å²) in [6.07, 6.45) is 0. The number of thiophene rings is 1. The summed E-state index contributed by atoms with van der Waals surface area (Å²) < 4.78 is 10.9. The van der Waals surface area contributed by atoms with Crippen molar-refractivity contribution in [1.82, 2.24) is 9.97 Å². The van der Waals surface area contributed by atoms with Gasteiger partial charge in [0.2, 0.25) is 6.79 Å². The van der Waals surface area contributed by atoms with Gasteiger partial charge in [0.15, 0.2) is 17.3 Å². The standard InChI is InChI=1S/C26H19N3O2S/c1-3-7-18(8-4-1)23-14-20-25(27-15-17-11-12-21-22(13-17)31-16-30-21)28-24(29-26(20)32-23)19-9-5-2-6-10-19/h1-14H,15-16H2,(H,27,28,29). The van der Waals surface area contributed by atoms with Crippen molar-refractivity contribution in [2.75, 3.05) is 12.1 Å². The summed E-state index contributed by atoms with van der Waals surface area (Å²) >= 11 is 1.68. The molecule has 1 aliphatic heterocycles. The van der Waals surface area contributed by atoms with Gasteiger partial charge in [-0.2, -0.15) is 0 Å². The number of aromatic nitrogens is 2. The van der Waals surface area contributed by atoms with E-state index in [0.29, 0.717) is 12.4 Å². The number of anilines is 1. The Hall–Kier alpha value is -3.90. The van der Waals surface area contributed by atoms with Crippen LogP contribution >= 0.6 is 11.3 Å². The molecular formula is C26H19N3O2S. The fourth-order valence-electron chi connectivity index (χ4n) is 3.75. The maximum absolute atomic E-state index is 5.52. The van der Waals surface area contributed by atoms with Crippen molar-refractivity contribution in [2.45, 2.75) is 6.54 Å². The van der Waals surface area contributed by atoms with Crippen LogP contribution in [-0.2, 0) is 6.54 Å². The van der Waals surface area contributed by atoms with Crippen LogP contribution in [0.1, 0.15) is 5.56 Å². The molecule has 0 bridgehead atoms. The number of benzene rings is 3. The van der Waals surface area contributed by atoms with Gasteiger partial charge in [-0.1, -0.05) is 66.7 Å². The van der Waals surface area contributed by atoms with Gasteiger partial charge < -0.3 is 14.8 Å². The van der Waals surface area contributed by atoms with Gasteiger partial charge in [-0.05, 0) is 29.3 Å². The molecule has 6 heteroatoms. The largest absolute Gasteiger partial charge is 0.454 e. The molecule has 0 aliphatic carbocycles. The number of rotatable bonds is 5. The fourth-order valence-corrected chi connectivity index (χ4v) is 4.79. The highest BCUT2D eigenvalue weighted by Crippen LogP contribution is 2.37. The molecule has 0 spiro atoms. The summed E-state index contributed by atoms with van der Waals surface area (Å²) in [5, 5.41) is 4.55. The third-order valence-electron chi connectivity index (χ3n) is 5.38. The molecule has 6 rings (SSSR count). The van der Waals surface area contributed by atoms with Gasteiger partial charge in [0.25, 0.3) is 0 Å². The lowest BCUT2D eigenvalue weighted by Crippen LogP contribution is -2.03. The van der Waals surface area contributed by atoms with Crippen LogP contribution in [0.25, 0.3) is 32.0 Å². The zero-order chi connectivity index (χ0) is 21.3. The van der Waals surface area contributed by atoms with E-state index in [-0.39, 0.29) is 6.79 Å². The number of ether oxygens (including phenoxy) is 2. The minimum Gasteiger partial charge on any atom is -0.454 e. The Morgan fingerprint density at radius 1 is 0.781 bits per heavy atom. The fraction of sp³-hybridized carbons (Fsp3) is 0.0769. The van der Waals surface area contributed by atoms with Crippen molar-refractivity contribution in [1.29, 1.82) is 0 Å². The minimum absolute atomic E-state index is 0.274. The Balaban J connectivity index is 1.40. The smallest absolute Gasteiger partial charge is 0.231 e. The van der Waals surface area contributed by atoms with Gasteiger partial charge in [-0.15, -0.1) is 11.3 Å². The van der Waals surface area contributed by atoms with Gasteiger partial charge in [0.05, 0.1) is 5.39 Å². The molecule has 1 aliphatic rings. The van der Waals surface area contributed by atoms with Crippen molar-refractivity contribution < 1.29 is 9.47 Å². The van der Waals surface area contributed by atoms with Crippen LogP contribution in [0.15, 0.2) is 84.9 Å². The van der Waals surface area contributed by atoms with Crippen LogP contribution in [0.4, 0.5) is 5.82 Å². The highest BCUT2D eigenvalue weighted by atomic mass is 32.1. The highest BCUT2D eigenvalue weighted by Gasteiger charge is 2.16. The Labute approximate surface area is 189 Å².